The molecule has 4 aromatic rings. The first-order valence-electron chi connectivity index (χ1n) is 9.20. The molecule has 146 valence electrons. The van der Waals surface area contributed by atoms with Crippen LogP contribution in [0.1, 0.15) is 25.3 Å². The second-order valence-electron chi connectivity index (χ2n) is 6.37. The van der Waals surface area contributed by atoms with E-state index in [0.717, 1.165) is 17.9 Å². The molecule has 0 aliphatic heterocycles. The highest BCUT2D eigenvalue weighted by Crippen LogP contribution is 2.29. The van der Waals surface area contributed by atoms with E-state index < -0.39 is 5.97 Å². The molecule has 3 aromatic heterocycles. The van der Waals surface area contributed by atoms with Crippen molar-refractivity contribution in [3.05, 3.63) is 66.4 Å². The van der Waals surface area contributed by atoms with Gasteiger partial charge in [0, 0.05) is 25.5 Å². The van der Waals surface area contributed by atoms with Crippen molar-refractivity contribution < 1.29 is 13.9 Å². The Bertz CT molecular complexity index is 1150. The maximum absolute atomic E-state index is 11.3. The Morgan fingerprint density at radius 2 is 2.00 bits per heavy atom. The van der Waals surface area contributed by atoms with Crippen LogP contribution in [0.3, 0.4) is 0 Å². The Balaban J connectivity index is 1.60. The van der Waals surface area contributed by atoms with Crippen LogP contribution in [0.4, 0.5) is 0 Å². The standard InChI is InChI=1S/C21H19N5O3/c1-3-15-8-9-22-17(12-15)20-23-10-11-26(20)13-19-24-25-21(29-19)16-6-4-5-7-18(16)28-14(2)27/h4-12H,3,13H2,1-2H3. The monoisotopic (exact) mass is 389 g/mol. The van der Waals surface area contributed by atoms with Gasteiger partial charge in [0.2, 0.25) is 5.89 Å². The van der Waals surface area contributed by atoms with Crippen molar-refractivity contribution >= 4 is 5.97 Å². The SMILES string of the molecule is CCc1ccnc(-c2nccn2Cc2nnc(-c3ccccc3OC(C)=O)o2)c1. The van der Waals surface area contributed by atoms with Crippen molar-refractivity contribution in [3.63, 3.8) is 0 Å². The molecule has 0 saturated heterocycles. The van der Waals surface area contributed by atoms with Gasteiger partial charge >= 0.3 is 5.97 Å². The summed E-state index contributed by atoms with van der Waals surface area (Å²) < 4.78 is 12.9. The van der Waals surface area contributed by atoms with Crippen molar-refractivity contribution in [3.8, 4) is 28.7 Å². The Labute approximate surface area is 167 Å². The number of carbonyl (C=O) groups is 1. The van der Waals surface area contributed by atoms with Crippen molar-refractivity contribution in [2.75, 3.05) is 0 Å². The molecule has 0 aliphatic carbocycles. The number of para-hydroxylation sites is 1. The van der Waals surface area contributed by atoms with Gasteiger partial charge in [0.05, 0.1) is 5.56 Å². The molecule has 0 fully saturated rings. The number of aryl methyl sites for hydroxylation is 1. The zero-order chi connectivity index (χ0) is 20.2. The topological polar surface area (TPSA) is 95.9 Å². The lowest BCUT2D eigenvalue weighted by Gasteiger charge is -2.06. The molecule has 0 amide bonds. The lowest BCUT2D eigenvalue weighted by Crippen LogP contribution is -2.03. The normalized spacial score (nSPS) is 10.8. The van der Waals surface area contributed by atoms with Gasteiger partial charge in [-0.1, -0.05) is 19.1 Å². The molecule has 8 nitrogen and oxygen atoms in total. The Hall–Kier alpha value is -3.81. The van der Waals surface area contributed by atoms with Gasteiger partial charge in [-0.2, -0.15) is 0 Å². The number of carbonyl (C=O) groups excluding carboxylic acids is 1. The maximum Gasteiger partial charge on any atom is 0.308 e. The Morgan fingerprint density at radius 1 is 1.14 bits per heavy atom. The number of rotatable bonds is 6. The van der Waals surface area contributed by atoms with E-state index in [1.165, 1.54) is 12.5 Å². The largest absolute Gasteiger partial charge is 0.426 e. The molecule has 0 atom stereocenters. The average molecular weight is 389 g/mol. The minimum absolute atomic E-state index is 0.282. The van der Waals surface area contributed by atoms with Crippen LogP contribution in [0.15, 0.2) is 59.4 Å². The molecule has 0 bridgehead atoms. The highest BCUT2D eigenvalue weighted by Gasteiger charge is 2.16. The van der Waals surface area contributed by atoms with Crippen LogP contribution < -0.4 is 4.74 Å². The van der Waals surface area contributed by atoms with Crippen LogP contribution >= 0.6 is 0 Å². The van der Waals surface area contributed by atoms with Crippen LogP contribution in [-0.2, 0) is 17.8 Å². The predicted octanol–water partition coefficient (Wildman–Crippen LogP) is 3.53. The molecule has 0 aliphatic rings. The number of nitrogens with zero attached hydrogens (tertiary/aromatic N) is 5. The molecule has 29 heavy (non-hydrogen) atoms. The number of imidazole rings is 1. The van der Waals surface area contributed by atoms with Crippen molar-refractivity contribution in [2.45, 2.75) is 26.8 Å². The summed E-state index contributed by atoms with van der Waals surface area (Å²) in [4.78, 5) is 20.2. The van der Waals surface area contributed by atoms with Crippen LogP contribution in [0.2, 0.25) is 0 Å². The summed E-state index contributed by atoms with van der Waals surface area (Å²) in [6.07, 6.45) is 6.25. The van der Waals surface area contributed by atoms with Crippen molar-refractivity contribution in [1.29, 1.82) is 0 Å². The van der Waals surface area contributed by atoms with Gasteiger partial charge in [0.1, 0.15) is 18.0 Å². The first-order valence-corrected chi connectivity index (χ1v) is 9.20. The van der Waals surface area contributed by atoms with E-state index >= 15 is 0 Å². The molecular weight excluding hydrogens is 370 g/mol. The number of hydrogen-bond donors (Lipinski definition) is 0. The second-order valence-corrected chi connectivity index (χ2v) is 6.37. The number of benzene rings is 1. The molecule has 4 rings (SSSR count). The smallest absolute Gasteiger partial charge is 0.308 e. The van der Waals surface area contributed by atoms with Crippen LogP contribution in [0.25, 0.3) is 23.0 Å². The molecule has 3 heterocycles. The molecule has 0 spiro atoms. The number of pyridine rings is 1. The average Bonchev–Trinajstić information content (AvgIpc) is 3.38. The summed E-state index contributed by atoms with van der Waals surface area (Å²) in [6.45, 7) is 3.79. The second kappa shape index (κ2) is 8.05. The third-order valence-electron chi connectivity index (χ3n) is 4.32. The number of aromatic nitrogens is 5. The number of hydrogen-bond acceptors (Lipinski definition) is 7. The molecule has 0 radical (unpaired) electrons. The fourth-order valence-corrected chi connectivity index (χ4v) is 2.95. The van der Waals surface area contributed by atoms with Crippen molar-refractivity contribution in [1.82, 2.24) is 24.7 Å². The van der Waals surface area contributed by atoms with E-state index in [1.54, 1.807) is 30.6 Å². The summed E-state index contributed by atoms with van der Waals surface area (Å²) in [6, 6.07) is 11.0. The quantitative estimate of drug-likeness (QED) is 0.368. The van der Waals surface area contributed by atoms with Crippen molar-refractivity contribution in [2.24, 2.45) is 0 Å². The lowest BCUT2D eigenvalue weighted by molar-refractivity contribution is -0.131. The van der Waals surface area contributed by atoms with Gasteiger partial charge in [-0.15, -0.1) is 10.2 Å². The minimum atomic E-state index is -0.415. The zero-order valence-corrected chi connectivity index (χ0v) is 16.1. The molecular formula is C21H19N5O3. The van der Waals surface area contributed by atoms with Gasteiger partial charge in [0.25, 0.3) is 5.89 Å². The lowest BCUT2D eigenvalue weighted by atomic mass is 10.2. The zero-order valence-electron chi connectivity index (χ0n) is 16.1. The summed E-state index contributed by atoms with van der Waals surface area (Å²) in [7, 11) is 0. The van der Waals surface area contributed by atoms with Gasteiger partial charge in [0.15, 0.2) is 5.82 Å². The fourth-order valence-electron chi connectivity index (χ4n) is 2.95. The molecule has 0 saturated carbocycles. The van der Waals surface area contributed by atoms with Crippen LogP contribution in [0.5, 0.6) is 5.75 Å². The molecule has 8 heteroatoms. The summed E-state index contributed by atoms with van der Waals surface area (Å²) in [5, 5.41) is 8.24. The first kappa shape index (κ1) is 18.5. The minimum Gasteiger partial charge on any atom is -0.426 e. The number of ether oxygens (including phenoxy) is 1. The molecule has 0 unspecified atom stereocenters. The highest BCUT2D eigenvalue weighted by atomic mass is 16.5. The van der Waals surface area contributed by atoms with E-state index in [9.17, 15) is 4.79 Å². The van der Waals surface area contributed by atoms with Gasteiger partial charge in [-0.3, -0.25) is 9.78 Å². The molecule has 1 aromatic carbocycles. The molecule has 0 N–H and O–H groups in total. The maximum atomic E-state index is 11.3. The van der Waals surface area contributed by atoms with E-state index in [0.29, 0.717) is 23.7 Å². The van der Waals surface area contributed by atoms with E-state index in [2.05, 4.69) is 27.1 Å². The van der Waals surface area contributed by atoms with Gasteiger partial charge in [-0.25, -0.2) is 4.98 Å². The summed E-state index contributed by atoms with van der Waals surface area (Å²) >= 11 is 0. The van der Waals surface area contributed by atoms with Gasteiger partial charge in [-0.05, 0) is 36.2 Å². The van der Waals surface area contributed by atoms with Crippen LogP contribution in [-0.4, -0.2) is 30.7 Å². The highest BCUT2D eigenvalue weighted by molar-refractivity contribution is 5.73. The van der Waals surface area contributed by atoms with E-state index in [4.69, 9.17) is 9.15 Å². The van der Waals surface area contributed by atoms with Gasteiger partial charge < -0.3 is 13.7 Å². The Kier molecular flexibility index (Phi) is 5.15. The van der Waals surface area contributed by atoms with E-state index in [1.807, 2.05) is 29.0 Å². The van der Waals surface area contributed by atoms with Crippen LogP contribution in [0, 0.1) is 0 Å². The summed E-state index contributed by atoms with van der Waals surface area (Å²) in [5.74, 6) is 1.37. The third kappa shape index (κ3) is 4.06. The predicted molar refractivity (Wildman–Crippen MR) is 105 cm³/mol. The number of esters is 1. The third-order valence-corrected chi connectivity index (χ3v) is 4.32. The fraction of sp³-hybridized carbons (Fsp3) is 0.190. The Morgan fingerprint density at radius 3 is 2.83 bits per heavy atom. The first-order chi connectivity index (χ1) is 14.1. The summed E-state index contributed by atoms with van der Waals surface area (Å²) in [5.41, 5.74) is 2.53. The van der Waals surface area contributed by atoms with E-state index in [-0.39, 0.29) is 5.89 Å².